The van der Waals surface area contributed by atoms with Crippen molar-refractivity contribution >= 4 is 15.9 Å². The van der Waals surface area contributed by atoms with Crippen molar-refractivity contribution in [3.63, 3.8) is 0 Å². The summed E-state index contributed by atoms with van der Waals surface area (Å²) in [4.78, 5) is 12.6. The summed E-state index contributed by atoms with van der Waals surface area (Å²) in [5.41, 5.74) is 1.92. The van der Waals surface area contributed by atoms with Crippen LogP contribution in [0.3, 0.4) is 0 Å². The van der Waals surface area contributed by atoms with Crippen LogP contribution in [0.2, 0.25) is 0 Å². The van der Waals surface area contributed by atoms with Crippen molar-refractivity contribution in [1.82, 2.24) is 9.62 Å². The van der Waals surface area contributed by atoms with E-state index in [1.807, 2.05) is 31.2 Å². The largest absolute Gasteiger partial charge is 0.376 e. The smallest absolute Gasteiger partial charge is 0.243 e. The molecule has 0 aromatic heterocycles. The van der Waals surface area contributed by atoms with E-state index in [-0.39, 0.29) is 30.0 Å². The van der Waals surface area contributed by atoms with Gasteiger partial charge >= 0.3 is 0 Å². The zero-order chi connectivity index (χ0) is 20.0. The molecular weight excluding hydrogens is 376 g/mol. The number of nitrogens with zero attached hydrogens (tertiary/aromatic N) is 1. The van der Waals surface area contributed by atoms with Gasteiger partial charge in [-0.25, -0.2) is 8.42 Å². The van der Waals surface area contributed by atoms with E-state index in [0.29, 0.717) is 13.2 Å². The number of rotatable bonds is 8. The van der Waals surface area contributed by atoms with Crippen LogP contribution in [0.1, 0.15) is 24.0 Å². The van der Waals surface area contributed by atoms with E-state index in [1.165, 1.54) is 4.31 Å². The second-order valence-electron chi connectivity index (χ2n) is 7.01. The third-order valence-corrected chi connectivity index (χ3v) is 6.54. The molecule has 0 spiro atoms. The Labute approximate surface area is 166 Å². The van der Waals surface area contributed by atoms with Crippen LogP contribution in [-0.2, 0) is 26.1 Å². The van der Waals surface area contributed by atoms with Gasteiger partial charge < -0.3 is 10.1 Å². The minimum atomic E-state index is -3.80. The Morgan fingerprint density at radius 3 is 2.50 bits per heavy atom. The van der Waals surface area contributed by atoms with E-state index in [9.17, 15) is 13.2 Å². The van der Waals surface area contributed by atoms with Gasteiger partial charge in [-0.1, -0.05) is 48.0 Å². The molecule has 0 bridgehead atoms. The van der Waals surface area contributed by atoms with Crippen molar-refractivity contribution in [1.29, 1.82) is 0 Å². The first-order valence-corrected chi connectivity index (χ1v) is 10.9. The summed E-state index contributed by atoms with van der Waals surface area (Å²) in [6.07, 6.45) is 1.92. The van der Waals surface area contributed by atoms with Crippen molar-refractivity contribution in [3.05, 3.63) is 65.7 Å². The molecule has 7 heteroatoms. The normalized spacial score (nSPS) is 17.0. The molecule has 6 nitrogen and oxygen atoms in total. The summed E-state index contributed by atoms with van der Waals surface area (Å²) < 4.78 is 33.0. The molecule has 1 heterocycles. The van der Waals surface area contributed by atoms with Crippen LogP contribution in [0, 0.1) is 6.92 Å². The fourth-order valence-electron chi connectivity index (χ4n) is 3.11. The lowest BCUT2D eigenvalue weighted by Gasteiger charge is -2.22. The van der Waals surface area contributed by atoms with Crippen molar-refractivity contribution in [2.45, 2.75) is 37.3 Å². The van der Waals surface area contributed by atoms with Crippen LogP contribution in [0.4, 0.5) is 0 Å². The maximum atomic E-state index is 13.1. The highest BCUT2D eigenvalue weighted by Gasteiger charge is 2.27. The molecule has 1 amide bonds. The Morgan fingerprint density at radius 2 is 1.86 bits per heavy atom. The maximum absolute atomic E-state index is 13.1. The summed E-state index contributed by atoms with van der Waals surface area (Å²) >= 11 is 0. The number of carbonyl (C=O) groups excluding carboxylic acids is 1. The zero-order valence-electron chi connectivity index (χ0n) is 16.0. The molecule has 3 rings (SSSR count). The van der Waals surface area contributed by atoms with Crippen LogP contribution in [0.25, 0.3) is 0 Å². The van der Waals surface area contributed by atoms with Gasteiger partial charge in [0.15, 0.2) is 0 Å². The predicted octanol–water partition coefficient (Wildman–Crippen LogP) is 2.48. The number of benzene rings is 2. The molecule has 0 radical (unpaired) electrons. The molecule has 1 fully saturated rings. The molecule has 0 saturated carbocycles. The Bertz CT molecular complexity index is 876. The third-order valence-electron chi connectivity index (χ3n) is 4.73. The molecule has 2 aromatic carbocycles. The average molecular weight is 403 g/mol. The molecule has 1 N–H and O–H groups in total. The lowest BCUT2D eigenvalue weighted by molar-refractivity contribution is -0.121. The summed E-state index contributed by atoms with van der Waals surface area (Å²) in [5.74, 6) is -0.331. The Morgan fingerprint density at radius 1 is 1.14 bits per heavy atom. The van der Waals surface area contributed by atoms with Gasteiger partial charge in [-0.05, 0) is 37.5 Å². The quantitative estimate of drug-likeness (QED) is 0.736. The maximum Gasteiger partial charge on any atom is 0.243 e. The van der Waals surface area contributed by atoms with Gasteiger partial charge in [0.1, 0.15) is 0 Å². The third kappa shape index (κ3) is 5.41. The van der Waals surface area contributed by atoms with Gasteiger partial charge in [-0.15, -0.1) is 0 Å². The molecule has 1 aliphatic rings. The number of hydrogen-bond donors (Lipinski definition) is 1. The standard InChI is InChI=1S/C21H26N2O4S/c1-17-9-11-18(12-10-17)15-23(28(25,26)20-7-3-2-4-8-20)16-21(24)22-14-19-6-5-13-27-19/h2-4,7-12,19H,5-6,13-16H2,1H3,(H,22,24)/t19-/m0/s1. The summed E-state index contributed by atoms with van der Waals surface area (Å²) in [6.45, 7) is 2.98. The molecule has 0 aliphatic carbocycles. The van der Waals surface area contributed by atoms with Crippen molar-refractivity contribution in [2.24, 2.45) is 0 Å². The number of nitrogens with one attached hydrogen (secondary N) is 1. The number of ether oxygens (including phenoxy) is 1. The van der Waals surface area contributed by atoms with Crippen molar-refractivity contribution in [2.75, 3.05) is 19.7 Å². The van der Waals surface area contributed by atoms with Gasteiger partial charge in [-0.2, -0.15) is 4.31 Å². The van der Waals surface area contributed by atoms with E-state index in [2.05, 4.69) is 5.32 Å². The Balaban J connectivity index is 1.75. The highest BCUT2D eigenvalue weighted by molar-refractivity contribution is 7.89. The summed E-state index contributed by atoms with van der Waals surface area (Å²) in [6, 6.07) is 15.8. The lowest BCUT2D eigenvalue weighted by atomic mass is 10.1. The second kappa shape index (κ2) is 9.32. The SMILES string of the molecule is Cc1ccc(CN(CC(=O)NC[C@@H]2CCCO2)S(=O)(=O)c2ccccc2)cc1. The minimum Gasteiger partial charge on any atom is -0.376 e. The summed E-state index contributed by atoms with van der Waals surface area (Å²) in [5, 5.41) is 2.80. The Hall–Kier alpha value is -2.22. The number of aryl methyl sites for hydroxylation is 1. The first kappa shape index (κ1) is 20.5. The number of hydrogen-bond acceptors (Lipinski definition) is 4. The molecular formula is C21H26N2O4S. The van der Waals surface area contributed by atoms with Gasteiger partial charge in [0.25, 0.3) is 0 Å². The second-order valence-corrected chi connectivity index (χ2v) is 8.95. The first-order valence-electron chi connectivity index (χ1n) is 9.44. The number of carbonyl (C=O) groups is 1. The van der Waals surface area contributed by atoms with Gasteiger partial charge in [0.05, 0.1) is 17.5 Å². The van der Waals surface area contributed by atoms with Crippen LogP contribution >= 0.6 is 0 Å². The first-order chi connectivity index (χ1) is 13.4. The Kier molecular flexibility index (Phi) is 6.83. The molecule has 28 heavy (non-hydrogen) atoms. The monoisotopic (exact) mass is 402 g/mol. The van der Waals surface area contributed by atoms with Crippen LogP contribution < -0.4 is 5.32 Å². The molecule has 150 valence electrons. The van der Waals surface area contributed by atoms with E-state index < -0.39 is 10.0 Å². The van der Waals surface area contributed by atoms with E-state index >= 15 is 0 Å². The molecule has 2 aromatic rings. The van der Waals surface area contributed by atoms with Gasteiger partial charge in [0, 0.05) is 19.7 Å². The van der Waals surface area contributed by atoms with E-state index in [0.717, 1.165) is 24.0 Å². The zero-order valence-corrected chi connectivity index (χ0v) is 16.8. The highest BCUT2D eigenvalue weighted by atomic mass is 32.2. The van der Waals surface area contributed by atoms with Crippen molar-refractivity contribution < 1.29 is 17.9 Å². The fraction of sp³-hybridized carbons (Fsp3) is 0.381. The topological polar surface area (TPSA) is 75.7 Å². The van der Waals surface area contributed by atoms with E-state index in [4.69, 9.17) is 4.74 Å². The average Bonchev–Trinajstić information content (AvgIpc) is 3.22. The summed E-state index contributed by atoms with van der Waals surface area (Å²) in [7, 11) is -3.80. The predicted molar refractivity (Wildman–Crippen MR) is 107 cm³/mol. The van der Waals surface area contributed by atoms with Gasteiger partial charge in [0.2, 0.25) is 15.9 Å². The number of sulfonamides is 1. The fourth-order valence-corrected chi connectivity index (χ4v) is 4.52. The molecule has 1 saturated heterocycles. The molecule has 1 aliphatic heterocycles. The molecule has 0 unspecified atom stereocenters. The minimum absolute atomic E-state index is 0.0141. The lowest BCUT2D eigenvalue weighted by Crippen LogP contribution is -2.42. The van der Waals surface area contributed by atoms with E-state index in [1.54, 1.807) is 30.3 Å². The van der Waals surface area contributed by atoms with Crippen LogP contribution in [0.15, 0.2) is 59.5 Å². The van der Waals surface area contributed by atoms with Crippen LogP contribution in [0.5, 0.6) is 0 Å². The van der Waals surface area contributed by atoms with Crippen LogP contribution in [-0.4, -0.2) is 44.4 Å². The van der Waals surface area contributed by atoms with Gasteiger partial charge in [-0.3, -0.25) is 4.79 Å². The van der Waals surface area contributed by atoms with Crippen molar-refractivity contribution in [3.8, 4) is 0 Å². The highest BCUT2D eigenvalue weighted by Crippen LogP contribution is 2.18. The number of amides is 1. The molecule has 1 atom stereocenters.